The van der Waals surface area contributed by atoms with E-state index in [1.165, 1.54) is 12.1 Å². The van der Waals surface area contributed by atoms with Gasteiger partial charge in [-0.3, -0.25) is 0 Å². The van der Waals surface area contributed by atoms with E-state index < -0.39 is 11.7 Å². The summed E-state index contributed by atoms with van der Waals surface area (Å²) in [6.45, 7) is 4.00. The number of ether oxygens (including phenoxy) is 1. The summed E-state index contributed by atoms with van der Waals surface area (Å²) in [5.74, 6) is 0.449. The second-order valence-corrected chi connectivity index (χ2v) is 5.66. The molecule has 0 N–H and O–H groups in total. The molecule has 1 heterocycles. The van der Waals surface area contributed by atoms with Gasteiger partial charge < -0.3 is 4.74 Å². The van der Waals surface area contributed by atoms with Gasteiger partial charge in [0.25, 0.3) is 0 Å². The maximum Gasteiger partial charge on any atom is 0.416 e. The number of alkyl halides is 3. The molecule has 0 fully saturated rings. The highest BCUT2D eigenvalue weighted by Gasteiger charge is 2.30. The van der Waals surface area contributed by atoms with E-state index >= 15 is 0 Å². The first-order chi connectivity index (χ1) is 12.5. The van der Waals surface area contributed by atoms with Crippen LogP contribution in [0.4, 0.5) is 13.2 Å². The van der Waals surface area contributed by atoms with E-state index in [2.05, 4.69) is 11.6 Å². The van der Waals surface area contributed by atoms with E-state index in [1.54, 1.807) is 18.3 Å². The van der Waals surface area contributed by atoms with E-state index in [0.29, 0.717) is 29.2 Å². The van der Waals surface area contributed by atoms with Crippen LogP contribution in [-0.2, 0) is 12.8 Å². The Labute approximate surface area is 149 Å². The number of aromatic nitrogens is 1. The number of hydrogen-bond acceptors (Lipinski definition) is 2. The van der Waals surface area contributed by atoms with Crippen LogP contribution in [0.3, 0.4) is 0 Å². The Morgan fingerprint density at radius 1 is 1.00 bits per heavy atom. The standard InChI is InChI=1S/C21H16F3NO/c1-2-16-12-18(21(22,23)24)9-10-19(16)17-8-11-20(25-13-17)26-14-15-6-4-3-5-7-15/h2-13H,1,14H2. The smallest absolute Gasteiger partial charge is 0.416 e. The molecule has 1 aromatic heterocycles. The summed E-state index contributed by atoms with van der Waals surface area (Å²) in [5.41, 5.74) is 2.05. The van der Waals surface area contributed by atoms with Crippen molar-refractivity contribution in [2.75, 3.05) is 0 Å². The molecule has 26 heavy (non-hydrogen) atoms. The molecule has 0 amide bonds. The molecule has 0 aliphatic heterocycles. The molecule has 0 spiro atoms. The average Bonchev–Trinajstić information content (AvgIpc) is 2.66. The highest BCUT2D eigenvalue weighted by molar-refractivity contribution is 5.75. The van der Waals surface area contributed by atoms with Crippen LogP contribution in [0.2, 0.25) is 0 Å². The van der Waals surface area contributed by atoms with Gasteiger partial charge in [0.2, 0.25) is 5.88 Å². The molecule has 0 radical (unpaired) electrons. The molecule has 0 unspecified atom stereocenters. The lowest BCUT2D eigenvalue weighted by molar-refractivity contribution is -0.137. The molecular weight excluding hydrogens is 339 g/mol. The summed E-state index contributed by atoms with van der Waals surface area (Å²) < 4.78 is 44.2. The van der Waals surface area contributed by atoms with Gasteiger partial charge in [-0.1, -0.05) is 49.1 Å². The lowest BCUT2D eigenvalue weighted by atomic mass is 9.98. The molecule has 0 aliphatic rings. The third kappa shape index (κ3) is 4.11. The van der Waals surface area contributed by atoms with Crippen molar-refractivity contribution in [2.45, 2.75) is 12.8 Å². The summed E-state index contributed by atoms with van der Waals surface area (Å²) in [6.07, 6.45) is -1.40. The Kier molecular flexibility index (Phi) is 5.07. The van der Waals surface area contributed by atoms with E-state index in [-0.39, 0.29) is 0 Å². The molecule has 3 rings (SSSR count). The van der Waals surface area contributed by atoms with Crippen molar-refractivity contribution in [1.82, 2.24) is 4.98 Å². The fraction of sp³-hybridized carbons (Fsp3) is 0.0952. The normalized spacial score (nSPS) is 11.2. The number of nitrogens with zero attached hydrogens (tertiary/aromatic N) is 1. The Bertz CT molecular complexity index is 887. The molecule has 0 aliphatic carbocycles. The van der Waals surface area contributed by atoms with Crippen molar-refractivity contribution in [3.63, 3.8) is 0 Å². The van der Waals surface area contributed by atoms with Crippen LogP contribution in [0, 0.1) is 0 Å². The van der Waals surface area contributed by atoms with E-state index in [4.69, 9.17) is 4.74 Å². The molecular formula is C21H16F3NO. The van der Waals surface area contributed by atoms with Crippen molar-refractivity contribution in [3.8, 4) is 17.0 Å². The third-order valence-corrected chi connectivity index (χ3v) is 3.88. The maximum atomic E-state index is 12.9. The molecule has 0 atom stereocenters. The van der Waals surface area contributed by atoms with Crippen molar-refractivity contribution < 1.29 is 17.9 Å². The van der Waals surface area contributed by atoms with Gasteiger partial charge in [0.15, 0.2) is 0 Å². The molecule has 5 heteroatoms. The summed E-state index contributed by atoms with van der Waals surface area (Å²) in [6, 6.07) is 16.7. The van der Waals surface area contributed by atoms with Gasteiger partial charge in [0.05, 0.1) is 5.56 Å². The van der Waals surface area contributed by atoms with E-state index in [9.17, 15) is 13.2 Å². The number of benzene rings is 2. The first kappa shape index (κ1) is 17.7. The van der Waals surface area contributed by atoms with Gasteiger partial charge in [0.1, 0.15) is 6.61 Å². The van der Waals surface area contributed by atoms with Gasteiger partial charge in [-0.2, -0.15) is 13.2 Å². The first-order valence-corrected chi connectivity index (χ1v) is 7.94. The highest BCUT2D eigenvalue weighted by atomic mass is 19.4. The topological polar surface area (TPSA) is 22.1 Å². The Morgan fingerprint density at radius 2 is 1.77 bits per heavy atom. The van der Waals surface area contributed by atoms with Gasteiger partial charge in [-0.05, 0) is 34.9 Å². The van der Waals surface area contributed by atoms with Gasteiger partial charge in [-0.25, -0.2) is 4.98 Å². The summed E-state index contributed by atoms with van der Waals surface area (Å²) in [4.78, 5) is 4.24. The molecule has 2 nitrogen and oxygen atoms in total. The summed E-state index contributed by atoms with van der Waals surface area (Å²) in [5, 5.41) is 0. The second-order valence-electron chi connectivity index (χ2n) is 5.66. The van der Waals surface area contributed by atoms with E-state index in [1.807, 2.05) is 30.3 Å². The Hall–Kier alpha value is -3.08. The fourth-order valence-electron chi connectivity index (χ4n) is 2.53. The zero-order valence-electron chi connectivity index (χ0n) is 13.8. The predicted octanol–water partition coefficient (Wildman–Crippen LogP) is 5.99. The molecule has 132 valence electrons. The van der Waals surface area contributed by atoms with Crippen molar-refractivity contribution in [2.24, 2.45) is 0 Å². The first-order valence-electron chi connectivity index (χ1n) is 7.94. The molecule has 0 bridgehead atoms. The SMILES string of the molecule is C=Cc1cc(C(F)(F)F)ccc1-c1ccc(OCc2ccccc2)nc1. The lowest BCUT2D eigenvalue weighted by Crippen LogP contribution is -2.05. The van der Waals surface area contributed by atoms with Crippen LogP contribution in [0.1, 0.15) is 16.7 Å². The van der Waals surface area contributed by atoms with Gasteiger partial charge in [-0.15, -0.1) is 0 Å². The molecule has 0 saturated heterocycles. The van der Waals surface area contributed by atoms with Crippen LogP contribution < -0.4 is 4.74 Å². The Morgan fingerprint density at radius 3 is 2.38 bits per heavy atom. The van der Waals surface area contributed by atoms with Gasteiger partial charge >= 0.3 is 6.18 Å². The second kappa shape index (κ2) is 7.44. The monoisotopic (exact) mass is 355 g/mol. The minimum Gasteiger partial charge on any atom is -0.473 e. The number of pyridine rings is 1. The van der Waals surface area contributed by atoms with Crippen molar-refractivity contribution in [1.29, 1.82) is 0 Å². The van der Waals surface area contributed by atoms with Gasteiger partial charge in [0, 0.05) is 17.8 Å². The minimum atomic E-state index is -4.39. The van der Waals surface area contributed by atoms with E-state index in [0.717, 1.165) is 17.7 Å². The van der Waals surface area contributed by atoms with Crippen LogP contribution >= 0.6 is 0 Å². The largest absolute Gasteiger partial charge is 0.473 e. The number of hydrogen-bond donors (Lipinski definition) is 0. The van der Waals surface area contributed by atoms with Crippen LogP contribution in [0.15, 0.2) is 73.4 Å². The molecule has 3 aromatic rings. The fourth-order valence-corrected chi connectivity index (χ4v) is 2.53. The van der Waals surface area contributed by atoms with Crippen LogP contribution in [-0.4, -0.2) is 4.98 Å². The maximum absolute atomic E-state index is 12.9. The number of rotatable bonds is 5. The van der Waals surface area contributed by atoms with Crippen LogP contribution in [0.5, 0.6) is 5.88 Å². The summed E-state index contributed by atoms with van der Waals surface area (Å²) >= 11 is 0. The minimum absolute atomic E-state index is 0.394. The predicted molar refractivity (Wildman–Crippen MR) is 95.5 cm³/mol. The molecule has 2 aromatic carbocycles. The van der Waals surface area contributed by atoms with Crippen molar-refractivity contribution >= 4 is 6.08 Å². The zero-order valence-corrected chi connectivity index (χ0v) is 13.8. The van der Waals surface area contributed by atoms with Crippen LogP contribution in [0.25, 0.3) is 17.2 Å². The molecule has 0 saturated carbocycles. The number of halogens is 3. The Balaban J connectivity index is 1.79. The third-order valence-electron chi connectivity index (χ3n) is 3.88. The lowest BCUT2D eigenvalue weighted by Gasteiger charge is -2.12. The highest BCUT2D eigenvalue weighted by Crippen LogP contribution is 2.34. The summed E-state index contributed by atoms with van der Waals surface area (Å²) in [7, 11) is 0. The zero-order chi connectivity index (χ0) is 18.6. The quantitative estimate of drug-likeness (QED) is 0.561. The average molecular weight is 355 g/mol. The van der Waals surface area contributed by atoms with Crippen molar-refractivity contribution in [3.05, 3.63) is 90.1 Å².